The standard InChI is InChI=1S/C18H14N4O2/c1-24-13-7-9-14-12(10-13)6-8-16(20-14)18(23)21-22-11-19-15-4-2-3-5-17(15)22/h2-11H,1H3,(H,21,23). The van der Waals surface area contributed by atoms with Crippen LogP contribution in [0.1, 0.15) is 10.5 Å². The molecule has 2 aromatic heterocycles. The molecule has 0 unspecified atom stereocenters. The maximum Gasteiger partial charge on any atom is 0.288 e. The lowest BCUT2D eigenvalue weighted by Gasteiger charge is -2.08. The molecule has 4 aromatic rings. The fourth-order valence-electron chi connectivity index (χ4n) is 2.57. The first-order valence-corrected chi connectivity index (χ1v) is 7.43. The molecule has 0 saturated heterocycles. The van der Waals surface area contributed by atoms with E-state index in [1.807, 2.05) is 48.5 Å². The fraction of sp³-hybridized carbons (Fsp3) is 0.0556. The molecule has 0 aliphatic carbocycles. The molecule has 4 rings (SSSR count). The molecular formula is C18H14N4O2. The number of para-hydroxylation sites is 2. The van der Waals surface area contributed by atoms with E-state index in [9.17, 15) is 4.79 Å². The van der Waals surface area contributed by atoms with Crippen molar-refractivity contribution in [2.45, 2.75) is 0 Å². The van der Waals surface area contributed by atoms with Crippen molar-refractivity contribution in [3.63, 3.8) is 0 Å². The first-order chi connectivity index (χ1) is 11.7. The van der Waals surface area contributed by atoms with Crippen LogP contribution in [-0.4, -0.2) is 27.7 Å². The third-order valence-electron chi connectivity index (χ3n) is 3.80. The normalized spacial score (nSPS) is 10.9. The summed E-state index contributed by atoms with van der Waals surface area (Å²) in [6.45, 7) is 0. The molecule has 24 heavy (non-hydrogen) atoms. The number of amides is 1. The molecule has 0 aliphatic heterocycles. The predicted molar refractivity (Wildman–Crippen MR) is 91.7 cm³/mol. The van der Waals surface area contributed by atoms with Gasteiger partial charge in [0.2, 0.25) is 0 Å². The minimum atomic E-state index is -0.295. The molecule has 0 atom stereocenters. The number of rotatable bonds is 3. The van der Waals surface area contributed by atoms with E-state index in [1.165, 1.54) is 0 Å². The van der Waals surface area contributed by atoms with Gasteiger partial charge in [-0.05, 0) is 36.4 Å². The zero-order valence-electron chi connectivity index (χ0n) is 12.9. The summed E-state index contributed by atoms with van der Waals surface area (Å²) >= 11 is 0. The quantitative estimate of drug-likeness (QED) is 0.630. The Bertz CT molecular complexity index is 1060. The number of methoxy groups -OCH3 is 1. The number of nitrogens with zero attached hydrogens (tertiary/aromatic N) is 3. The van der Waals surface area contributed by atoms with E-state index >= 15 is 0 Å². The van der Waals surface area contributed by atoms with E-state index in [0.717, 1.165) is 27.7 Å². The van der Waals surface area contributed by atoms with Gasteiger partial charge in [0.05, 0.1) is 23.7 Å². The molecule has 0 bridgehead atoms. The van der Waals surface area contributed by atoms with Crippen LogP contribution in [0.2, 0.25) is 0 Å². The van der Waals surface area contributed by atoms with E-state index < -0.39 is 0 Å². The van der Waals surface area contributed by atoms with Gasteiger partial charge < -0.3 is 4.74 Å². The van der Waals surface area contributed by atoms with Crippen LogP contribution in [0, 0.1) is 0 Å². The summed E-state index contributed by atoms with van der Waals surface area (Å²) < 4.78 is 6.79. The Labute approximate surface area is 137 Å². The van der Waals surface area contributed by atoms with Crippen LogP contribution in [0.25, 0.3) is 21.9 Å². The molecule has 1 N–H and O–H groups in total. The first kappa shape index (κ1) is 14.2. The third kappa shape index (κ3) is 2.44. The van der Waals surface area contributed by atoms with Crippen LogP contribution < -0.4 is 10.2 Å². The Morgan fingerprint density at radius 3 is 2.83 bits per heavy atom. The number of hydrogen-bond donors (Lipinski definition) is 1. The van der Waals surface area contributed by atoms with Crippen LogP contribution in [0.5, 0.6) is 5.75 Å². The molecule has 2 aromatic carbocycles. The molecule has 0 fully saturated rings. The zero-order chi connectivity index (χ0) is 16.5. The van der Waals surface area contributed by atoms with E-state index in [2.05, 4.69) is 15.4 Å². The molecular weight excluding hydrogens is 304 g/mol. The number of benzene rings is 2. The SMILES string of the molecule is COc1ccc2nc(C(=O)Nn3cnc4ccccc43)ccc2c1. The highest BCUT2D eigenvalue weighted by Gasteiger charge is 2.11. The minimum absolute atomic E-state index is 0.295. The summed E-state index contributed by atoms with van der Waals surface area (Å²) in [6.07, 6.45) is 1.58. The number of ether oxygens (including phenoxy) is 1. The summed E-state index contributed by atoms with van der Waals surface area (Å²) in [7, 11) is 1.62. The predicted octanol–water partition coefficient (Wildman–Crippen LogP) is 2.98. The van der Waals surface area contributed by atoms with Crippen molar-refractivity contribution >= 4 is 27.8 Å². The largest absolute Gasteiger partial charge is 0.497 e. The van der Waals surface area contributed by atoms with Gasteiger partial charge in [-0.15, -0.1) is 0 Å². The molecule has 6 heteroatoms. The number of fused-ring (bicyclic) bond motifs is 2. The van der Waals surface area contributed by atoms with Crippen molar-refractivity contribution in [3.05, 3.63) is 66.6 Å². The average molecular weight is 318 g/mol. The number of aromatic nitrogens is 3. The van der Waals surface area contributed by atoms with E-state index in [4.69, 9.17) is 4.74 Å². The summed E-state index contributed by atoms with van der Waals surface area (Å²) in [5.41, 5.74) is 5.52. The van der Waals surface area contributed by atoms with Crippen LogP contribution >= 0.6 is 0 Å². The van der Waals surface area contributed by atoms with Crippen LogP contribution in [0.4, 0.5) is 0 Å². The zero-order valence-corrected chi connectivity index (χ0v) is 12.9. The molecule has 0 saturated carbocycles. The first-order valence-electron chi connectivity index (χ1n) is 7.43. The van der Waals surface area contributed by atoms with Crippen molar-refractivity contribution in [2.75, 3.05) is 12.5 Å². The molecule has 0 aliphatic rings. The smallest absolute Gasteiger partial charge is 0.288 e. The van der Waals surface area contributed by atoms with Gasteiger partial charge in [0, 0.05) is 5.39 Å². The maximum absolute atomic E-state index is 12.5. The number of pyridine rings is 1. The minimum Gasteiger partial charge on any atom is -0.497 e. The number of hydrogen-bond acceptors (Lipinski definition) is 4. The topological polar surface area (TPSA) is 69.0 Å². The molecule has 0 spiro atoms. The Hall–Kier alpha value is -3.41. The number of carbonyl (C=O) groups excluding carboxylic acids is 1. The fourth-order valence-corrected chi connectivity index (χ4v) is 2.57. The molecule has 2 heterocycles. The van der Waals surface area contributed by atoms with Crippen molar-refractivity contribution in [1.82, 2.24) is 14.6 Å². The second-order valence-electron chi connectivity index (χ2n) is 5.30. The van der Waals surface area contributed by atoms with Gasteiger partial charge in [-0.3, -0.25) is 10.2 Å². The molecule has 118 valence electrons. The maximum atomic E-state index is 12.5. The van der Waals surface area contributed by atoms with Gasteiger partial charge in [0.1, 0.15) is 17.8 Å². The lowest BCUT2D eigenvalue weighted by Crippen LogP contribution is -2.22. The van der Waals surface area contributed by atoms with Crippen molar-refractivity contribution < 1.29 is 9.53 Å². The monoisotopic (exact) mass is 318 g/mol. The van der Waals surface area contributed by atoms with Crippen LogP contribution in [0.15, 0.2) is 60.9 Å². The molecule has 0 radical (unpaired) electrons. The lowest BCUT2D eigenvalue weighted by molar-refractivity contribution is 0.100. The van der Waals surface area contributed by atoms with Gasteiger partial charge in [-0.25, -0.2) is 14.6 Å². The third-order valence-corrected chi connectivity index (χ3v) is 3.80. The van der Waals surface area contributed by atoms with E-state index in [-0.39, 0.29) is 5.91 Å². The Morgan fingerprint density at radius 2 is 1.96 bits per heavy atom. The van der Waals surface area contributed by atoms with Crippen molar-refractivity contribution in [1.29, 1.82) is 0 Å². The number of carbonyl (C=O) groups is 1. The van der Waals surface area contributed by atoms with E-state index in [0.29, 0.717) is 5.69 Å². The summed E-state index contributed by atoms with van der Waals surface area (Å²) in [5, 5.41) is 0.916. The second kappa shape index (κ2) is 5.66. The van der Waals surface area contributed by atoms with Gasteiger partial charge in [0.15, 0.2) is 0 Å². The average Bonchev–Trinajstić information content (AvgIpc) is 3.04. The summed E-state index contributed by atoms with van der Waals surface area (Å²) in [6, 6.07) is 16.7. The van der Waals surface area contributed by atoms with E-state index in [1.54, 1.807) is 24.2 Å². The van der Waals surface area contributed by atoms with Crippen molar-refractivity contribution in [3.8, 4) is 5.75 Å². The Morgan fingerprint density at radius 1 is 1.08 bits per heavy atom. The molecule has 6 nitrogen and oxygen atoms in total. The van der Waals surface area contributed by atoms with Gasteiger partial charge >= 0.3 is 0 Å². The van der Waals surface area contributed by atoms with Crippen LogP contribution in [-0.2, 0) is 0 Å². The highest BCUT2D eigenvalue weighted by Crippen LogP contribution is 2.19. The van der Waals surface area contributed by atoms with Gasteiger partial charge in [0.25, 0.3) is 5.91 Å². The summed E-state index contributed by atoms with van der Waals surface area (Å²) in [5.74, 6) is 0.460. The second-order valence-corrected chi connectivity index (χ2v) is 5.30. The Kier molecular flexibility index (Phi) is 3.35. The Balaban J connectivity index is 1.65. The highest BCUT2D eigenvalue weighted by atomic mass is 16.5. The van der Waals surface area contributed by atoms with Crippen LogP contribution in [0.3, 0.4) is 0 Å². The summed E-state index contributed by atoms with van der Waals surface area (Å²) in [4.78, 5) is 21.1. The highest BCUT2D eigenvalue weighted by molar-refractivity contribution is 6.00. The van der Waals surface area contributed by atoms with Gasteiger partial charge in [-0.1, -0.05) is 18.2 Å². The van der Waals surface area contributed by atoms with Gasteiger partial charge in [-0.2, -0.15) is 0 Å². The number of imidazole rings is 1. The number of nitrogens with one attached hydrogen (secondary N) is 1. The lowest BCUT2D eigenvalue weighted by atomic mass is 10.2. The van der Waals surface area contributed by atoms with Crippen molar-refractivity contribution in [2.24, 2.45) is 0 Å². The molecule has 1 amide bonds.